The van der Waals surface area contributed by atoms with E-state index in [4.69, 9.17) is 9.47 Å². The number of carbonyl (C=O) groups excluding carboxylic acids is 1. The van der Waals surface area contributed by atoms with Crippen LogP contribution in [0.2, 0.25) is 0 Å². The standard InChI is InChI=1S/C20H19F3N2O3/c1-2-3-11-27-19(26)13-28-18-6-4-5-17-16(18)12-24-25(17)15-9-7-14(8-10-15)20(21,22)23/h4-10,12H,2-3,11,13H2,1H3. The first-order valence-electron chi connectivity index (χ1n) is 8.83. The SMILES string of the molecule is CCCCOC(=O)COc1cccc2c1cnn2-c1ccc(C(F)(F)F)cc1. The van der Waals surface area contributed by atoms with Gasteiger partial charge in [-0.05, 0) is 42.8 Å². The molecule has 8 heteroatoms. The number of alkyl halides is 3. The second-order valence-electron chi connectivity index (χ2n) is 6.15. The molecule has 1 heterocycles. The highest BCUT2D eigenvalue weighted by atomic mass is 19.4. The third kappa shape index (κ3) is 4.44. The van der Waals surface area contributed by atoms with Gasteiger partial charge in [0.1, 0.15) is 5.75 Å². The molecule has 0 amide bonds. The second kappa shape index (κ2) is 8.33. The van der Waals surface area contributed by atoms with Crippen molar-refractivity contribution in [1.82, 2.24) is 9.78 Å². The number of benzene rings is 2. The van der Waals surface area contributed by atoms with Crippen LogP contribution in [0.15, 0.2) is 48.7 Å². The van der Waals surface area contributed by atoms with Gasteiger partial charge in [-0.2, -0.15) is 18.3 Å². The maximum atomic E-state index is 12.7. The van der Waals surface area contributed by atoms with Crippen molar-refractivity contribution in [2.45, 2.75) is 25.9 Å². The minimum Gasteiger partial charge on any atom is -0.481 e. The molecule has 1 aromatic heterocycles. The van der Waals surface area contributed by atoms with Crippen LogP contribution >= 0.6 is 0 Å². The highest BCUT2D eigenvalue weighted by molar-refractivity contribution is 5.86. The molecule has 0 aliphatic rings. The van der Waals surface area contributed by atoms with Gasteiger partial charge in [0.15, 0.2) is 6.61 Å². The molecule has 0 fully saturated rings. The van der Waals surface area contributed by atoms with Crippen molar-refractivity contribution in [3.8, 4) is 11.4 Å². The third-order valence-corrected chi connectivity index (χ3v) is 4.12. The van der Waals surface area contributed by atoms with Gasteiger partial charge in [0, 0.05) is 0 Å². The van der Waals surface area contributed by atoms with Gasteiger partial charge < -0.3 is 9.47 Å². The summed E-state index contributed by atoms with van der Waals surface area (Å²) in [6.45, 7) is 2.13. The van der Waals surface area contributed by atoms with Gasteiger partial charge in [-0.25, -0.2) is 9.48 Å². The maximum absolute atomic E-state index is 12.7. The van der Waals surface area contributed by atoms with Crippen LogP contribution in [-0.4, -0.2) is 29.0 Å². The fraction of sp³-hybridized carbons (Fsp3) is 0.300. The molecular weight excluding hydrogens is 373 g/mol. The number of fused-ring (bicyclic) bond motifs is 1. The zero-order chi connectivity index (χ0) is 20.1. The van der Waals surface area contributed by atoms with Crippen molar-refractivity contribution < 1.29 is 27.4 Å². The summed E-state index contributed by atoms with van der Waals surface area (Å²) in [7, 11) is 0. The van der Waals surface area contributed by atoms with Crippen LogP contribution in [-0.2, 0) is 15.7 Å². The summed E-state index contributed by atoms with van der Waals surface area (Å²) in [6, 6.07) is 9.92. The summed E-state index contributed by atoms with van der Waals surface area (Å²) in [5, 5.41) is 4.89. The van der Waals surface area contributed by atoms with E-state index in [0.717, 1.165) is 25.0 Å². The highest BCUT2D eigenvalue weighted by Gasteiger charge is 2.30. The van der Waals surface area contributed by atoms with E-state index in [9.17, 15) is 18.0 Å². The Labute approximate surface area is 159 Å². The summed E-state index contributed by atoms with van der Waals surface area (Å²) < 4.78 is 50.3. The Bertz CT molecular complexity index is 949. The lowest BCUT2D eigenvalue weighted by Gasteiger charge is -2.09. The van der Waals surface area contributed by atoms with Crippen LogP contribution in [0.4, 0.5) is 13.2 Å². The number of halogens is 3. The molecule has 0 radical (unpaired) electrons. The minimum absolute atomic E-state index is 0.228. The van der Waals surface area contributed by atoms with E-state index in [-0.39, 0.29) is 6.61 Å². The summed E-state index contributed by atoms with van der Waals surface area (Å²) in [5.41, 5.74) is 0.411. The molecule has 3 rings (SSSR count). The van der Waals surface area contributed by atoms with E-state index in [1.54, 1.807) is 24.4 Å². The van der Waals surface area contributed by atoms with Gasteiger partial charge in [0.25, 0.3) is 0 Å². The highest BCUT2D eigenvalue weighted by Crippen LogP contribution is 2.31. The molecule has 0 aliphatic carbocycles. The summed E-state index contributed by atoms with van der Waals surface area (Å²) in [6.07, 6.45) is -1.12. The van der Waals surface area contributed by atoms with Crippen LogP contribution in [0.3, 0.4) is 0 Å². The number of unbranched alkanes of at least 4 members (excludes halogenated alkanes) is 1. The topological polar surface area (TPSA) is 53.4 Å². The van der Waals surface area contributed by atoms with E-state index in [1.807, 2.05) is 6.92 Å². The van der Waals surface area contributed by atoms with Gasteiger partial charge in [-0.1, -0.05) is 19.4 Å². The van der Waals surface area contributed by atoms with Crippen molar-refractivity contribution in [2.75, 3.05) is 13.2 Å². The number of esters is 1. The fourth-order valence-corrected chi connectivity index (χ4v) is 2.66. The molecule has 148 valence electrons. The Balaban J connectivity index is 1.78. The van der Waals surface area contributed by atoms with E-state index < -0.39 is 17.7 Å². The number of rotatable bonds is 7. The number of nitrogens with zero attached hydrogens (tertiary/aromatic N) is 2. The number of ether oxygens (including phenoxy) is 2. The largest absolute Gasteiger partial charge is 0.481 e. The average molecular weight is 392 g/mol. The van der Waals surface area contributed by atoms with Gasteiger partial charge in [-0.3, -0.25) is 0 Å². The van der Waals surface area contributed by atoms with Crippen LogP contribution in [0.1, 0.15) is 25.3 Å². The van der Waals surface area contributed by atoms with E-state index in [0.29, 0.717) is 28.9 Å². The Morgan fingerprint density at radius 2 is 1.89 bits per heavy atom. The molecule has 0 saturated heterocycles. The zero-order valence-electron chi connectivity index (χ0n) is 15.2. The van der Waals surface area contributed by atoms with Gasteiger partial charge >= 0.3 is 12.1 Å². The molecule has 28 heavy (non-hydrogen) atoms. The first kappa shape index (κ1) is 19.7. The normalized spacial score (nSPS) is 11.6. The molecule has 0 unspecified atom stereocenters. The second-order valence-corrected chi connectivity index (χ2v) is 6.15. The fourth-order valence-electron chi connectivity index (χ4n) is 2.66. The molecule has 2 aromatic carbocycles. The van der Waals surface area contributed by atoms with Crippen LogP contribution in [0, 0.1) is 0 Å². The number of hydrogen-bond acceptors (Lipinski definition) is 4. The Kier molecular flexibility index (Phi) is 5.87. The van der Waals surface area contributed by atoms with Crippen molar-refractivity contribution in [3.05, 3.63) is 54.2 Å². The van der Waals surface area contributed by atoms with Crippen LogP contribution < -0.4 is 4.74 Å². The minimum atomic E-state index is -4.39. The Morgan fingerprint density at radius 3 is 2.57 bits per heavy atom. The Morgan fingerprint density at radius 1 is 1.14 bits per heavy atom. The van der Waals surface area contributed by atoms with Gasteiger partial charge in [-0.15, -0.1) is 0 Å². The molecule has 3 aromatic rings. The van der Waals surface area contributed by atoms with Crippen molar-refractivity contribution in [3.63, 3.8) is 0 Å². The van der Waals surface area contributed by atoms with Crippen LogP contribution in [0.5, 0.6) is 5.75 Å². The summed E-state index contributed by atoms with van der Waals surface area (Å²) in [4.78, 5) is 11.7. The maximum Gasteiger partial charge on any atom is 0.416 e. The molecule has 0 N–H and O–H groups in total. The number of hydrogen-bond donors (Lipinski definition) is 0. The number of aromatic nitrogens is 2. The summed E-state index contributed by atoms with van der Waals surface area (Å²) in [5.74, 6) is -0.0105. The van der Waals surface area contributed by atoms with E-state index in [1.165, 1.54) is 16.8 Å². The molecule has 0 atom stereocenters. The third-order valence-electron chi connectivity index (χ3n) is 4.12. The Hall–Kier alpha value is -3.03. The van der Waals surface area contributed by atoms with Crippen molar-refractivity contribution in [1.29, 1.82) is 0 Å². The smallest absolute Gasteiger partial charge is 0.416 e. The molecule has 0 saturated carbocycles. The van der Waals surface area contributed by atoms with Gasteiger partial charge in [0.05, 0.1) is 35.0 Å². The molecule has 5 nitrogen and oxygen atoms in total. The molecular formula is C20H19F3N2O3. The lowest BCUT2D eigenvalue weighted by Crippen LogP contribution is -2.15. The van der Waals surface area contributed by atoms with E-state index in [2.05, 4.69) is 5.10 Å². The van der Waals surface area contributed by atoms with Crippen LogP contribution in [0.25, 0.3) is 16.6 Å². The molecule has 0 aliphatic heterocycles. The quantitative estimate of drug-likeness (QED) is 0.429. The average Bonchev–Trinajstić information content (AvgIpc) is 3.11. The first-order valence-corrected chi connectivity index (χ1v) is 8.83. The number of carbonyl (C=O) groups is 1. The summed E-state index contributed by atoms with van der Waals surface area (Å²) >= 11 is 0. The molecule has 0 bridgehead atoms. The lowest BCUT2D eigenvalue weighted by molar-refractivity contribution is -0.146. The van der Waals surface area contributed by atoms with E-state index >= 15 is 0 Å². The van der Waals surface area contributed by atoms with Crippen molar-refractivity contribution in [2.24, 2.45) is 0 Å². The lowest BCUT2D eigenvalue weighted by atomic mass is 10.2. The predicted molar refractivity (Wildman–Crippen MR) is 97.4 cm³/mol. The van der Waals surface area contributed by atoms with Gasteiger partial charge in [0.2, 0.25) is 0 Å². The first-order chi connectivity index (χ1) is 13.4. The predicted octanol–water partition coefficient (Wildman–Crippen LogP) is 4.77. The van der Waals surface area contributed by atoms with Crippen molar-refractivity contribution >= 4 is 16.9 Å². The molecule has 0 spiro atoms. The zero-order valence-corrected chi connectivity index (χ0v) is 15.2. The monoisotopic (exact) mass is 392 g/mol.